The maximum Gasteiger partial charge on any atom is 0.259 e. The summed E-state index contributed by atoms with van der Waals surface area (Å²) >= 11 is 0. The van der Waals surface area contributed by atoms with E-state index in [1.54, 1.807) is 24.3 Å². The van der Waals surface area contributed by atoms with Gasteiger partial charge < -0.3 is 10.1 Å². The number of hydrogen-bond acceptors (Lipinski definition) is 4. The molecule has 0 spiro atoms. The van der Waals surface area contributed by atoms with Gasteiger partial charge in [-0.15, -0.1) is 0 Å². The third-order valence-electron chi connectivity index (χ3n) is 5.98. The summed E-state index contributed by atoms with van der Waals surface area (Å²) in [6.07, 6.45) is 0.293. The molecule has 0 unspecified atom stereocenters. The fraction of sp³-hybridized carbons (Fsp3) is 0.231. The molecule has 1 saturated heterocycles. The van der Waals surface area contributed by atoms with Gasteiger partial charge in [0.2, 0.25) is 0 Å². The number of aromatic amines is 1. The molecule has 4 aromatic rings. The van der Waals surface area contributed by atoms with Crippen LogP contribution in [0.1, 0.15) is 27.0 Å². The number of amides is 1. The molecule has 0 aliphatic carbocycles. The first-order valence-electron chi connectivity index (χ1n) is 11.3. The van der Waals surface area contributed by atoms with Gasteiger partial charge in [0.15, 0.2) is 5.82 Å². The van der Waals surface area contributed by atoms with Crippen molar-refractivity contribution in [2.24, 2.45) is 0 Å². The van der Waals surface area contributed by atoms with Crippen LogP contribution in [0.3, 0.4) is 0 Å². The monoisotopic (exact) mass is 480 g/mol. The van der Waals surface area contributed by atoms with E-state index < -0.39 is 23.4 Å². The molecule has 3 aromatic carbocycles. The standard InChI is InChI=1S/C26H23F3N4O2/c27-19-10-18(11-20(28)14-19)9-16-2-4-24-22(12-16)25(32-31-24)30-26(34)21-13-17(1-3-23(21)29)15-33-5-7-35-8-6-33/h1-4,10-14H,5-9,15H2,(H2,30,31,32,34). The zero-order valence-electron chi connectivity index (χ0n) is 18.8. The lowest BCUT2D eigenvalue weighted by atomic mass is 10.0. The molecule has 35 heavy (non-hydrogen) atoms. The number of benzene rings is 3. The minimum absolute atomic E-state index is 0.0710. The third-order valence-corrected chi connectivity index (χ3v) is 5.98. The van der Waals surface area contributed by atoms with Crippen molar-refractivity contribution in [3.63, 3.8) is 0 Å². The number of fused-ring (bicyclic) bond motifs is 1. The number of morpholine rings is 1. The number of ether oxygens (including phenoxy) is 1. The number of rotatable bonds is 6. The Morgan fingerprint density at radius 1 is 0.943 bits per heavy atom. The minimum atomic E-state index is -0.643. The zero-order valence-corrected chi connectivity index (χ0v) is 18.8. The van der Waals surface area contributed by atoms with E-state index in [9.17, 15) is 18.0 Å². The van der Waals surface area contributed by atoms with Gasteiger partial charge >= 0.3 is 0 Å². The molecule has 1 aromatic heterocycles. The largest absolute Gasteiger partial charge is 0.379 e. The Bertz CT molecular complexity index is 1360. The average molecular weight is 480 g/mol. The molecule has 1 amide bonds. The summed E-state index contributed by atoms with van der Waals surface area (Å²) in [5.74, 6) is -2.28. The molecule has 2 heterocycles. The van der Waals surface area contributed by atoms with Crippen LogP contribution in [-0.4, -0.2) is 47.3 Å². The van der Waals surface area contributed by atoms with Gasteiger partial charge in [-0.05, 0) is 59.5 Å². The normalized spacial score (nSPS) is 14.4. The maximum absolute atomic E-state index is 14.5. The number of aromatic nitrogens is 2. The molecule has 9 heteroatoms. The molecular formula is C26H23F3N4O2. The molecule has 2 N–H and O–H groups in total. The van der Waals surface area contributed by atoms with Crippen LogP contribution in [0.25, 0.3) is 10.9 Å². The van der Waals surface area contributed by atoms with Gasteiger partial charge in [-0.2, -0.15) is 5.10 Å². The first kappa shape index (κ1) is 23.1. The third kappa shape index (κ3) is 5.36. The first-order chi connectivity index (χ1) is 16.9. The van der Waals surface area contributed by atoms with Crippen molar-refractivity contribution in [2.75, 3.05) is 31.6 Å². The molecule has 1 fully saturated rings. The summed E-state index contributed by atoms with van der Waals surface area (Å²) in [7, 11) is 0. The van der Waals surface area contributed by atoms with Crippen LogP contribution in [0.5, 0.6) is 0 Å². The second-order valence-corrected chi connectivity index (χ2v) is 8.56. The maximum atomic E-state index is 14.5. The van der Waals surface area contributed by atoms with E-state index in [1.807, 2.05) is 6.07 Å². The van der Waals surface area contributed by atoms with Gasteiger partial charge in [-0.1, -0.05) is 12.1 Å². The fourth-order valence-corrected chi connectivity index (χ4v) is 4.25. The number of carbonyl (C=O) groups is 1. The lowest BCUT2D eigenvalue weighted by Gasteiger charge is -2.26. The van der Waals surface area contributed by atoms with Crippen LogP contribution in [0.15, 0.2) is 54.6 Å². The molecule has 0 atom stereocenters. The summed E-state index contributed by atoms with van der Waals surface area (Å²) in [5, 5.41) is 10.3. The quantitative estimate of drug-likeness (QED) is 0.421. The molecule has 0 radical (unpaired) electrons. The topological polar surface area (TPSA) is 70.2 Å². The highest BCUT2D eigenvalue weighted by Gasteiger charge is 2.18. The van der Waals surface area contributed by atoms with Crippen LogP contribution >= 0.6 is 0 Å². The Kier molecular flexibility index (Phi) is 6.52. The highest BCUT2D eigenvalue weighted by molar-refractivity contribution is 6.08. The van der Waals surface area contributed by atoms with Crippen molar-refractivity contribution in [1.82, 2.24) is 15.1 Å². The Morgan fingerprint density at radius 2 is 1.69 bits per heavy atom. The molecule has 6 nitrogen and oxygen atoms in total. The van der Waals surface area contributed by atoms with Gasteiger partial charge in [-0.25, -0.2) is 13.2 Å². The summed E-state index contributed by atoms with van der Waals surface area (Å²) in [5.41, 5.74) is 2.68. The minimum Gasteiger partial charge on any atom is -0.379 e. The first-order valence-corrected chi connectivity index (χ1v) is 11.3. The number of H-pyrrole nitrogens is 1. The van der Waals surface area contributed by atoms with Crippen molar-refractivity contribution in [3.8, 4) is 0 Å². The van der Waals surface area contributed by atoms with Crippen molar-refractivity contribution >= 4 is 22.6 Å². The lowest BCUT2D eigenvalue weighted by Crippen LogP contribution is -2.35. The lowest BCUT2D eigenvalue weighted by molar-refractivity contribution is 0.0341. The Hall–Kier alpha value is -3.69. The molecule has 1 aliphatic heterocycles. The van der Waals surface area contributed by atoms with E-state index in [1.165, 1.54) is 18.2 Å². The summed E-state index contributed by atoms with van der Waals surface area (Å²) in [4.78, 5) is 15.1. The number of hydrogen-bond donors (Lipinski definition) is 2. The van der Waals surface area contributed by atoms with Crippen LogP contribution in [0.2, 0.25) is 0 Å². The fourth-order valence-electron chi connectivity index (χ4n) is 4.25. The highest BCUT2D eigenvalue weighted by Crippen LogP contribution is 2.25. The molecule has 0 saturated carbocycles. The van der Waals surface area contributed by atoms with Crippen molar-refractivity contribution < 1.29 is 22.7 Å². The summed E-state index contributed by atoms with van der Waals surface area (Å²) in [6.45, 7) is 3.46. The Labute approximate surface area is 199 Å². The van der Waals surface area contributed by atoms with E-state index in [0.717, 1.165) is 30.3 Å². The Balaban J connectivity index is 1.35. The van der Waals surface area contributed by atoms with E-state index in [0.29, 0.717) is 42.6 Å². The number of halogens is 3. The van der Waals surface area contributed by atoms with Gasteiger partial charge in [0.25, 0.3) is 5.91 Å². The second kappa shape index (κ2) is 9.89. The van der Waals surface area contributed by atoms with Gasteiger partial charge in [-0.3, -0.25) is 14.8 Å². The molecular weight excluding hydrogens is 457 g/mol. The molecule has 1 aliphatic rings. The Morgan fingerprint density at radius 3 is 2.46 bits per heavy atom. The van der Waals surface area contributed by atoms with Crippen LogP contribution in [0, 0.1) is 17.5 Å². The average Bonchev–Trinajstić information content (AvgIpc) is 3.22. The predicted molar refractivity (Wildman–Crippen MR) is 126 cm³/mol. The van der Waals surface area contributed by atoms with E-state index in [4.69, 9.17) is 4.74 Å². The van der Waals surface area contributed by atoms with E-state index in [-0.39, 0.29) is 11.4 Å². The van der Waals surface area contributed by atoms with E-state index >= 15 is 0 Å². The predicted octanol–water partition coefficient (Wildman–Crippen LogP) is 4.66. The zero-order chi connectivity index (χ0) is 24.4. The van der Waals surface area contributed by atoms with Crippen LogP contribution < -0.4 is 5.32 Å². The molecule has 0 bridgehead atoms. The smallest absolute Gasteiger partial charge is 0.259 e. The van der Waals surface area contributed by atoms with Crippen LogP contribution in [0.4, 0.5) is 19.0 Å². The summed E-state index contributed by atoms with van der Waals surface area (Å²) < 4.78 is 47.0. The van der Waals surface area contributed by atoms with Crippen LogP contribution in [-0.2, 0) is 17.7 Å². The number of nitrogens with zero attached hydrogens (tertiary/aromatic N) is 2. The molecule has 180 valence electrons. The van der Waals surface area contributed by atoms with E-state index in [2.05, 4.69) is 20.4 Å². The number of carbonyl (C=O) groups excluding carboxylic acids is 1. The molecule has 5 rings (SSSR count). The SMILES string of the molecule is O=C(Nc1n[nH]c2ccc(Cc3cc(F)cc(F)c3)cc12)c1cc(CN2CCOCC2)ccc1F. The summed E-state index contributed by atoms with van der Waals surface area (Å²) in [6, 6.07) is 13.3. The number of anilines is 1. The van der Waals surface area contributed by atoms with Crippen molar-refractivity contribution in [1.29, 1.82) is 0 Å². The van der Waals surface area contributed by atoms with Gasteiger partial charge in [0.05, 0.1) is 24.3 Å². The van der Waals surface area contributed by atoms with Gasteiger partial charge in [0.1, 0.15) is 17.5 Å². The van der Waals surface area contributed by atoms with Gasteiger partial charge in [0, 0.05) is 31.1 Å². The highest BCUT2D eigenvalue weighted by atomic mass is 19.1. The van der Waals surface area contributed by atoms with Crippen molar-refractivity contribution in [2.45, 2.75) is 13.0 Å². The van der Waals surface area contributed by atoms with Crippen molar-refractivity contribution in [3.05, 3.63) is 94.3 Å². The number of nitrogens with one attached hydrogen (secondary N) is 2. The second-order valence-electron chi connectivity index (χ2n) is 8.56.